The number of fused-ring (bicyclic) bond motifs is 1. The van der Waals surface area contributed by atoms with Crippen molar-refractivity contribution in [1.82, 2.24) is 9.66 Å². The number of nitriles is 1. The van der Waals surface area contributed by atoms with Crippen LogP contribution in [0.25, 0.3) is 22.3 Å². The van der Waals surface area contributed by atoms with Gasteiger partial charge in [-0.15, -0.1) is 0 Å². The van der Waals surface area contributed by atoms with E-state index in [4.69, 9.17) is 10.00 Å². The molecule has 146 valence electrons. The number of para-hydroxylation sites is 1. The standard InChI is InChI=1S/C23H15BrN4O2/c24-19-14-16(10-11-21(19)30-13-12-25)15-26-28-22(17-6-2-1-3-7-17)27-20-9-5-4-8-18(20)23(28)29/h1-11,14-15H,13H2. The summed E-state index contributed by atoms with van der Waals surface area (Å²) in [5.74, 6) is 1.02. The first-order chi connectivity index (χ1) is 14.7. The molecular weight excluding hydrogens is 444 g/mol. The zero-order chi connectivity index (χ0) is 20.9. The Bertz CT molecular complexity index is 1340. The van der Waals surface area contributed by atoms with Crippen LogP contribution in [0.5, 0.6) is 5.75 Å². The molecule has 0 saturated heterocycles. The quantitative estimate of drug-likeness (QED) is 0.409. The van der Waals surface area contributed by atoms with Gasteiger partial charge in [-0.2, -0.15) is 15.0 Å². The third kappa shape index (κ3) is 4.00. The van der Waals surface area contributed by atoms with Crippen LogP contribution in [0, 0.1) is 11.3 Å². The average molecular weight is 459 g/mol. The number of nitrogens with zero attached hydrogens (tertiary/aromatic N) is 4. The fraction of sp³-hybridized carbons (Fsp3) is 0.0435. The molecule has 0 spiro atoms. The maximum atomic E-state index is 13.1. The van der Waals surface area contributed by atoms with Crippen LogP contribution in [0.2, 0.25) is 0 Å². The highest BCUT2D eigenvalue weighted by Crippen LogP contribution is 2.25. The first-order valence-electron chi connectivity index (χ1n) is 9.08. The van der Waals surface area contributed by atoms with Crippen LogP contribution in [0.3, 0.4) is 0 Å². The maximum absolute atomic E-state index is 13.1. The highest BCUT2D eigenvalue weighted by atomic mass is 79.9. The highest BCUT2D eigenvalue weighted by Gasteiger charge is 2.12. The molecule has 0 fully saturated rings. The zero-order valence-corrected chi connectivity index (χ0v) is 17.3. The Morgan fingerprint density at radius 1 is 1.10 bits per heavy atom. The number of hydrogen-bond acceptors (Lipinski definition) is 5. The second-order valence-corrected chi connectivity index (χ2v) is 7.17. The van der Waals surface area contributed by atoms with E-state index in [0.29, 0.717) is 26.9 Å². The van der Waals surface area contributed by atoms with E-state index < -0.39 is 0 Å². The fourth-order valence-electron chi connectivity index (χ4n) is 2.95. The Morgan fingerprint density at radius 3 is 2.63 bits per heavy atom. The van der Waals surface area contributed by atoms with Gasteiger partial charge in [0, 0.05) is 5.56 Å². The second-order valence-electron chi connectivity index (χ2n) is 6.32. The molecule has 7 heteroatoms. The van der Waals surface area contributed by atoms with E-state index in [-0.39, 0.29) is 12.2 Å². The lowest BCUT2D eigenvalue weighted by atomic mass is 10.2. The van der Waals surface area contributed by atoms with Crippen LogP contribution in [0.1, 0.15) is 5.56 Å². The average Bonchev–Trinajstić information content (AvgIpc) is 2.78. The van der Waals surface area contributed by atoms with E-state index in [1.807, 2.05) is 48.5 Å². The van der Waals surface area contributed by atoms with Crippen molar-refractivity contribution in [3.63, 3.8) is 0 Å². The number of halogens is 1. The van der Waals surface area contributed by atoms with Crippen molar-refractivity contribution in [2.45, 2.75) is 0 Å². The van der Waals surface area contributed by atoms with Crippen LogP contribution in [-0.2, 0) is 0 Å². The lowest BCUT2D eigenvalue weighted by molar-refractivity contribution is 0.366. The Morgan fingerprint density at radius 2 is 1.87 bits per heavy atom. The minimum atomic E-state index is -0.247. The van der Waals surface area contributed by atoms with Gasteiger partial charge in [-0.3, -0.25) is 4.79 Å². The van der Waals surface area contributed by atoms with Crippen molar-refractivity contribution in [3.8, 4) is 23.2 Å². The zero-order valence-electron chi connectivity index (χ0n) is 15.7. The van der Waals surface area contributed by atoms with Gasteiger partial charge in [-0.1, -0.05) is 42.5 Å². The highest BCUT2D eigenvalue weighted by molar-refractivity contribution is 9.10. The van der Waals surface area contributed by atoms with E-state index in [1.165, 1.54) is 4.68 Å². The van der Waals surface area contributed by atoms with Crippen molar-refractivity contribution in [1.29, 1.82) is 5.26 Å². The Hall–Kier alpha value is -3.76. The molecule has 0 aliphatic carbocycles. The van der Waals surface area contributed by atoms with Crippen molar-refractivity contribution in [2.75, 3.05) is 6.61 Å². The van der Waals surface area contributed by atoms with Gasteiger partial charge in [-0.25, -0.2) is 4.98 Å². The van der Waals surface area contributed by atoms with E-state index in [0.717, 1.165) is 11.1 Å². The minimum absolute atomic E-state index is 0.0371. The monoisotopic (exact) mass is 458 g/mol. The molecule has 0 atom stereocenters. The topological polar surface area (TPSA) is 80.3 Å². The fourth-order valence-corrected chi connectivity index (χ4v) is 3.46. The van der Waals surface area contributed by atoms with Crippen LogP contribution in [0.4, 0.5) is 0 Å². The Labute approximate surface area is 180 Å². The number of aromatic nitrogens is 2. The van der Waals surface area contributed by atoms with Gasteiger partial charge in [0.05, 0.1) is 21.6 Å². The summed E-state index contributed by atoms with van der Waals surface area (Å²) < 4.78 is 7.33. The number of benzene rings is 3. The normalized spacial score (nSPS) is 10.9. The van der Waals surface area contributed by atoms with Gasteiger partial charge in [0.2, 0.25) is 0 Å². The molecule has 1 heterocycles. The van der Waals surface area contributed by atoms with Crippen molar-refractivity contribution >= 4 is 33.0 Å². The molecule has 0 aliphatic heterocycles. The van der Waals surface area contributed by atoms with E-state index in [9.17, 15) is 4.79 Å². The Balaban J connectivity index is 1.80. The van der Waals surface area contributed by atoms with Crippen molar-refractivity contribution in [3.05, 3.63) is 93.2 Å². The van der Waals surface area contributed by atoms with Gasteiger partial charge in [0.25, 0.3) is 5.56 Å². The van der Waals surface area contributed by atoms with Crippen molar-refractivity contribution in [2.24, 2.45) is 5.10 Å². The molecule has 0 saturated carbocycles. The van der Waals surface area contributed by atoms with E-state index in [2.05, 4.69) is 26.0 Å². The first kappa shape index (κ1) is 19.6. The molecule has 0 amide bonds. The molecule has 6 nitrogen and oxygen atoms in total. The summed E-state index contributed by atoms with van der Waals surface area (Å²) in [5, 5.41) is 13.6. The third-order valence-electron chi connectivity index (χ3n) is 4.36. The number of hydrogen-bond donors (Lipinski definition) is 0. The van der Waals surface area contributed by atoms with Crippen LogP contribution in [-0.4, -0.2) is 22.5 Å². The maximum Gasteiger partial charge on any atom is 0.282 e. The van der Waals surface area contributed by atoms with E-state index >= 15 is 0 Å². The summed E-state index contributed by atoms with van der Waals surface area (Å²) in [6, 6.07) is 23.9. The molecular formula is C23H15BrN4O2. The summed E-state index contributed by atoms with van der Waals surface area (Å²) in [5.41, 5.74) is 1.92. The summed E-state index contributed by atoms with van der Waals surface area (Å²) in [4.78, 5) is 17.8. The summed E-state index contributed by atoms with van der Waals surface area (Å²) in [6.07, 6.45) is 1.59. The lowest BCUT2D eigenvalue weighted by Gasteiger charge is -2.09. The molecule has 0 N–H and O–H groups in total. The van der Waals surface area contributed by atoms with Crippen LogP contribution >= 0.6 is 15.9 Å². The number of ether oxygens (including phenoxy) is 1. The number of rotatable bonds is 5. The van der Waals surface area contributed by atoms with E-state index in [1.54, 1.807) is 36.5 Å². The second kappa shape index (κ2) is 8.72. The third-order valence-corrected chi connectivity index (χ3v) is 4.98. The van der Waals surface area contributed by atoms with Gasteiger partial charge in [0.15, 0.2) is 12.4 Å². The first-order valence-corrected chi connectivity index (χ1v) is 9.87. The molecule has 0 bridgehead atoms. The summed E-state index contributed by atoms with van der Waals surface area (Å²) in [6.45, 7) is -0.0371. The smallest absolute Gasteiger partial charge is 0.282 e. The molecule has 3 aromatic carbocycles. The van der Waals surface area contributed by atoms with Crippen LogP contribution < -0.4 is 10.3 Å². The molecule has 30 heavy (non-hydrogen) atoms. The molecule has 4 aromatic rings. The summed E-state index contributed by atoms with van der Waals surface area (Å²) in [7, 11) is 0. The molecule has 0 unspecified atom stereocenters. The van der Waals surface area contributed by atoms with Crippen molar-refractivity contribution < 1.29 is 4.74 Å². The van der Waals surface area contributed by atoms with Gasteiger partial charge >= 0.3 is 0 Å². The molecule has 0 aliphatic rings. The predicted octanol–water partition coefficient (Wildman–Crippen LogP) is 4.61. The largest absolute Gasteiger partial charge is 0.478 e. The SMILES string of the molecule is N#CCOc1ccc(C=Nn2c(-c3ccccc3)nc3ccccc3c2=O)cc1Br. The molecule has 4 rings (SSSR count). The summed E-state index contributed by atoms with van der Waals surface area (Å²) >= 11 is 3.42. The van der Waals surface area contributed by atoms with Gasteiger partial charge in [0.1, 0.15) is 11.8 Å². The Kier molecular flexibility index (Phi) is 5.68. The molecule has 0 radical (unpaired) electrons. The molecule has 1 aromatic heterocycles. The minimum Gasteiger partial charge on any atom is -0.478 e. The van der Waals surface area contributed by atoms with Gasteiger partial charge in [-0.05, 0) is 51.8 Å². The predicted molar refractivity (Wildman–Crippen MR) is 120 cm³/mol. The van der Waals surface area contributed by atoms with Crippen LogP contribution in [0.15, 0.2) is 87.2 Å². The lowest BCUT2D eigenvalue weighted by Crippen LogP contribution is -2.20. The van der Waals surface area contributed by atoms with Gasteiger partial charge < -0.3 is 4.74 Å².